The first-order valence-electron chi connectivity index (χ1n) is 14.4. The van der Waals surface area contributed by atoms with Crippen molar-refractivity contribution in [2.45, 2.75) is 89.9 Å². The molecular weight excluding hydrogens is 492 g/mol. The SMILES string of the molecule is CCNc1cc(C(N)=O)c(N[C@H](C)CC)cc1C(=O)NC1C[C@H]2CC[C@@H](C1)N2c1ccc(C(=O)C2CC2)cn1. The fourth-order valence-corrected chi connectivity index (χ4v) is 6.01. The van der Waals surface area contributed by atoms with Crippen LogP contribution in [0.2, 0.25) is 0 Å². The van der Waals surface area contributed by atoms with Crippen molar-refractivity contribution in [3.63, 3.8) is 0 Å². The van der Waals surface area contributed by atoms with Gasteiger partial charge in [-0.1, -0.05) is 6.92 Å². The second-order valence-corrected chi connectivity index (χ2v) is 11.3. The molecule has 1 aromatic carbocycles. The van der Waals surface area contributed by atoms with Gasteiger partial charge in [0.05, 0.1) is 11.1 Å². The van der Waals surface area contributed by atoms with Gasteiger partial charge in [-0.25, -0.2) is 4.98 Å². The molecule has 0 spiro atoms. The molecule has 2 bridgehead atoms. The first kappa shape index (κ1) is 27.0. The number of hydrogen-bond donors (Lipinski definition) is 4. The average molecular weight is 533 g/mol. The lowest BCUT2D eigenvalue weighted by Crippen LogP contribution is -2.50. The molecule has 3 fully saturated rings. The number of pyridine rings is 1. The lowest BCUT2D eigenvalue weighted by atomic mass is 9.96. The minimum absolute atomic E-state index is 0.0400. The number of piperidine rings is 1. The smallest absolute Gasteiger partial charge is 0.253 e. The van der Waals surface area contributed by atoms with Crippen LogP contribution in [0.5, 0.6) is 0 Å². The summed E-state index contributed by atoms with van der Waals surface area (Å²) in [6, 6.07) is 8.07. The summed E-state index contributed by atoms with van der Waals surface area (Å²) < 4.78 is 0. The number of fused-ring (bicyclic) bond motifs is 2. The molecule has 2 aromatic rings. The van der Waals surface area contributed by atoms with E-state index in [0.29, 0.717) is 46.7 Å². The molecule has 2 amide bonds. The van der Waals surface area contributed by atoms with Crippen LogP contribution in [0.15, 0.2) is 30.5 Å². The molecule has 1 aliphatic carbocycles. The maximum absolute atomic E-state index is 13.6. The molecule has 1 aromatic heterocycles. The number of carbonyl (C=O) groups excluding carboxylic acids is 3. The summed E-state index contributed by atoms with van der Waals surface area (Å²) in [6.07, 6.45) is 8.36. The van der Waals surface area contributed by atoms with Crippen LogP contribution in [-0.4, -0.2) is 53.3 Å². The molecule has 3 aliphatic rings. The maximum atomic E-state index is 13.6. The molecule has 1 saturated carbocycles. The molecule has 39 heavy (non-hydrogen) atoms. The maximum Gasteiger partial charge on any atom is 0.253 e. The van der Waals surface area contributed by atoms with Crippen LogP contribution in [0.1, 0.15) is 96.8 Å². The highest BCUT2D eigenvalue weighted by atomic mass is 16.2. The van der Waals surface area contributed by atoms with Crippen molar-refractivity contribution in [2.24, 2.45) is 11.7 Å². The number of aromatic nitrogens is 1. The minimum Gasteiger partial charge on any atom is -0.385 e. The van der Waals surface area contributed by atoms with Gasteiger partial charge in [-0.05, 0) is 83.1 Å². The Morgan fingerprint density at radius 2 is 1.72 bits per heavy atom. The van der Waals surface area contributed by atoms with Gasteiger partial charge in [0.25, 0.3) is 11.8 Å². The predicted molar refractivity (Wildman–Crippen MR) is 154 cm³/mol. The zero-order valence-corrected chi connectivity index (χ0v) is 23.1. The summed E-state index contributed by atoms with van der Waals surface area (Å²) in [4.78, 5) is 45.2. The van der Waals surface area contributed by atoms with Crippen molar-refractivity contribution in [1.29, 1.82) is 0 Å². The molecule has 2 aliphatic heterocycles. The first-order valence-corrected chi connectivity index (χ1v) is 14.4. The van der Waals surface area contributed by atoms with Crippen molar-refractivity contribution < 1.29 is 14.4 Å². The molecule has 5 N–H and O–H groups in total. The largest absolute Gasteiger partial charge is 0.385 e. The van der Waals surface area contributed by atoms with Crippen molar-refractivity contribution in [1.82, 2.24) is 10.3 Å². The number of carbonyl (C=O) groups is 3. The summed E-state index contributed by atoms with van der Waals surface area (Å²) in [6.45, 7) is 6.64. The summed E-state index contributed by atoms with van der Waals surface area (Å²) >= 11 is 0. The van der Waals surface area contributed by atoms with E-state index in [0.717, 1.165) is 50.8 Å². The van der Waals surface area contributed by atoms with Crippen molar-refractivity contribution in [3.8, 4) is 0 Å². The Balaban J connectivity index is 1.30. The number of primary amides is 1. The molecular formula is C30H40N6O3. The van der Waals surface area contributed by atoms with Crippen LogP contribution >= 0.6 is 0 Å². The third kappa shape index (κ3) is 5.72. The fourth-order valence-electron chi connectivity index (χ4n) is 6.01. The Morgan fingerprint density at radius 1 is 1.03 bits per heavy atom. The minimum atomic E-state index is -0.533. The monoisotopic (exact) mass is 532 g/mol. The van der Waals surface area contributed by atoms with Gasteiger partial charge in [-0.2, -0.15) is 0 Å². The van der Waals surface area contributed by atoms with Crippen LogP contribution in [0.3, 0.4) is 0 Å². The Hall–Kier alpha value is -3.62. The second kappa shape index (κ2) is 11.2. The van der Waals surface area contributed by atoms with Gasteiger partial charge < -0.3 is 26.6 Å². The second-order valence-electron chi connectivity index (χ2n) is 11.3. The van der Waals surface area contributed by atoms with E-state index in [2.05, 4.69) is 32.8 Å². The number of amides is 2. The number of rotatable bonds is 11. The van der Waals surface area contributed by atoms with Crippen LogP contribution in [-0.2, 0) is 0 Å². The fraction of sp³-hybridized carbons (Fsp3) is 0.533. The molecule has 9 heteroatoms. The first-order chi connectivity index (χ1) is 18.8. The van der Waals surface area contributed by atoms with E-state index in [1.165, 1.54) is 0 Å². The van der Waals surface area contributed by atoms with Gasteiger partial charge in [0.2, 0.25) is 0 Å². The molecule has 4 atom stereocenters. The van der Waals surface area contributed by atoms with Gasteiger partial charge in [-0.15, -0.1) is 0 Å². The van der Waals surface area contributed by atoms with E-state index in [-0.39, 0.29) is 29.7 Å². The topological polar surface area (TPSA) is 129 Å². The highest BCUT2D eigenvalue weighted by Crippen LogP contribution is 2.39. The van der Waals surface area contributed by atoms with E-state index in [1.54, 1.807) is 18.3 Å². The Labute approximate surface area is 230 Å². The normalized spacial score (nSPS) is 22.7. The molecule has 208 valence electrons. The number of ketones is 1. The Kier molecular flexibility index (Phi) is 7.77. The standard InChI is InChI=1S/C30H40N6O3/c1-4-17(3)34-26-15-24(25(32-5-2)14-23(26)29(31)38)30(39)35-20-12-21-9-10-22(13-20)36(21)27-11-8-19(16-33-27)28(37)18-6-7-18/h8,11,14-18,20-22,32,34H,4-7,9-10,12-13H2,1-3H3,(H2,31,38)(H,35,39)/t17-,20?,21-,22+/m1/s1. The lowest BCUT2D eigenvalue weighted by Gasteiger charge is -2.40. The zero-order valence-electron chi connectivity index (χ0n) is 23.1. The third-order valence-corrected chi connectivity index (χ3v) is 8.36. The molecule has 3 heterocycles. The van der Waals surface area contributed by atoms with Gasteiger partial charge in [-0.3, -0.25) is 14.4 Å². The van der Waals surface area contributed by atoms with Crippen LogP contribution < -0.4 is 26.6 Å². The number of hydrogen-bond acceptors (Lipinski definition) is 7. The number of Topliss-reactive ketones (excluding diaryl/α,β-unsaturated/α-hetero) is 1. The third-order valence-electron chi connectivity index (χ3n) is 8.36. The van der Waals surface area contributed by atoms with Gasteiger partial charge >= 0.3 is 0 Å². The van der Waals surface area contributed by atoms with Crippen LogP contribution in [0, 0.1) is 5.92 Å². The number of nitrogens with one attached hydrogen (secondary N) is 3. The summed E-state index contributed by atoms with van der Waals surface area (Å²) in [5.41, 5.74) is 8.43. The van der Waals surface area contributed by atoms with E-state index < -0.39 is 5.91 Å². The number of nitrogens with two attached hydrogens (primary N) is 1. The zero-order chi connectivity index (χ0) is 27.7. The van der Waals surface area contributed by atoms with Gasteiger partial charge in [0.15, 0.2) is 5.78 Å². The number of benzene rings is 1. The molecule has 2 saturated heterocycles. The summed E-state index contributed by atoms with van der Waals surface area (Å²) in [5.74, 6) is 0.622. The highest BCUT2D eigenvalue weighted by Gasteiger charge is 2.42. The average Bonchev–Trinajstić information content (AvgIpc) is 3.73. The van der Waals surface area contributed by atoms with Gasteiger partial charge in [0, 0.05) is 59.8 Å². The highest BCUT2D eigenvalue weighted by molar-refractivity contribution is 6.06. The van der Waals surface area contributed by atoms with Crippen LogP contribution in [0.25, 0.3) is 0 Å². The van der Waals surface area contributed by atoms with E-state index >= 15 is 0 Å². The Morgan fingerprint density at radius 3 is 2.28 bits per heavy atom. The summed E-state index contributed by atoms with van der Waals surface area (Å²) in [7, 11) is 0. The van der Waals surface area contributed by atoms with Crippen molar-refractivity contribution in [3.05, 3.63) is 47.2 Å². The molecule has 0 radical (unpaired) electrons. The van der Waals surface area contributed by atoms with Crippen molar-refractivity contribution in [2.75, 3.05) is 22.1 Å². The van der Waals surface area contributed by atoms with Crippen LogP contribution in [0.4, 0.5) is 17.2 Å². The number of anilines is 3. The molecule has 1 unspecified atom stereocenters. The quantitative estimate of drug-likeness (QED) is 0.317. The van der Waals surface area contributed by atoms with Gasteiger partial charge in [0.1, 0.15) is 5.82 Å². The van der Waals surface area contributed by atoms with E-state index in [4.69, 9.17) is 5.73 Å². The summed E-state index contributed by atoms with van der Waals surface area (Å²) in [5, 5.41) is 9.84. The molecule has 9 nitrogen and oxygen atoms in total. The van der Waals surface area contributed by atoms with E-state index in [1.807, 2.05) is 26.0 Å². The predicted octanol–water partition coefficient (Wildman–Crippen LogP) is 4.35. The number of nitrogens with zero attached hydrogens (tertiary/aromatic N) is 2. The van der Waals surface area contributed by atoms with E-state index in [9.17, 15) is 14.4 Å². The Bertz CT molecular complexity index is 1230. The van der Waals surface area contributed by atoms with Crippen molar-refractivity contribution >= 4 is 34.8 Å². The molecule has 5 rings (SSSR count). The lowest BCUT2D eigenvalue weighted by molar-refractivity contribution is 0.0925.